The van der Waals surface area contributed by atoms with Gasteiger partial charge in [-0.15, -0.1) is 0 Å². The zero-order chi connectivity index (χ0) is 14.5. The molecule has 0 saturated carbocycles. The standard InChI is InChI=1S/C15H21N3O2/c1-3-17-7-5-14-13(11-17)9-12(10-16)15(19)18(14)6-4-8-20-2/h9H,3-8,11H2,1-2H3. The molecule has 2 rings (SSSR count). The number of nitriles is 1. The summed E-state index contributed by atoms with van der Waals surface area (Å²) in [5, 5.41) is 9.14. The SMILES string of the molecule is CCN1CCc2c(cc(C#N)c(=O)n2CCCOC)C1. The van der Waals surface area contributed by atoms with Crippen LogP contribution in [0.4, 0.5) is 0 Å². The lowest BCUT2D eigenvalue weighted by Gasteiger charge is -2.29. The predicted octanol–water partition coefficient (Wildman–Crippen LogP) is 1.13. The van der Waals surface area contributed by atoms with Crippen LogP contribution in [0, 0.1) is 11.3 Å². The Hall–Kier alpha value is -1.64. The van der Waals surface area contributed by atoms with E-state index >= 15 is 0 Å². The van der Waals surface area contributed by atoms with Gasteiger partial charge in [0.05, 0.1) is 0 Å². The summed E-state index contributed by atoms with van der Waals surface area (Å²) in [5.74, 6) is 0. The van der Waals surface area contributed by atoms with Crippen LogP contribution in [0.5, 0.6) is 0 Å². The molecule has 1 aliphatic rings. The molecule has 0 N–H and O–H groups in total. The van der Waals surface area contributed by atoms with Crippen LogP contribution >= 0.6 is 0 Å². The Morgan fingerprint density at radius 1 is 1.50 bits per heavy atom. The van der Waals surface area contributed by atoms with Crippen LogP contribution in [-0.4, -0.2) is 36.3 Å². The lowest BCUT2D eigenvalue weighted by molar-refractivity contribution is 0.189. The smallest absolute Gasteiger partial charge is 0.268 e. The van der Waals surface area contributed by atoms with Crippen molar-refractivity contribution in [3.63, 3.8) is 0 Å². The van der Waals surface area contributed by atoms with Gasteiger partial charge in [0.1, 0.15) is 11.6 Å². The first-order chi connectivity index (χ1) is 9.71. The van der Waals surface area contributed by atoms with Crippen molar-refractivity contribution >= 4 is 0 Å². The highest BCUT2D eigenvalue weighted by atomic mass is 16.5. The van der Waals surface area contributed by atoms with Gasteiger partial charge in [-0.05, 0) is 24.6 Å². The van der Waals surface area contributed by atoms with E-state index in [9.17, 15) is 4.79 Å². The number of hydrogen-bond donors (Lipinski definition) is 0. The molecule has 0 bridgehead atoms. The Bertz CT molecular complexity index is 572. The van der Waals surface area contributed by atoms with Gasteiger partial charge in [-0.1, -0.05) is 6.92 Å². The maximum absolute atomic E-state index is 12.3. The fourth-order valence-corrected chi connectivity index (χ4v) is 2.73. The van der Waals surface area contributed by atoms with Crippen molar-refractivity contribution in [3.05, 3.63) is 33.2 Å². The molecule has 5 nitrogen and oxygen atoms in total. The maximum Gasteiger partial charge on any atom is 0.268 e. The summed E-state index contributed by atoms with van der Waals surface area (Å²) in [4.78, 5) is 14.6. The van der Waals surface area contributed by atoms with E-state index in [2.05, 4.69) is 11.8 Å². The van der Waals surface area contributed by atoms with E-state index in [1.165, 1.54) is 0 Å². The van der Waals surface area contributed by atoms with E-state index in [4.69, 9.17) is 10.00 Å². The number of ether oxygens (including phenoxy) is 1. The zero-order valence-electron chi connectivity index (χ0n) is 12.2. The molecule has 108 valence electrons. The molecule has 0 radical (unpaired) electrons. The van der Waals surface area contributed by atoms with Gasteiger partial charge in [0.2, 0.25) is 0 Å². The third kappa shape index (κ3) is 2.92. The molecule has 2 heterocycles. The molecule has 0 saturated heterocycles. The normalized spacial score (nSPS) is 14.8. The van der Waals surface area contributed by atoms with E-state index in [0.717, 1.165) is 43.7 Å². The van der Waals surface area contributed by atoms with Gasteiger partial charge in [0.15, 0.2) is 0 Å². The van der Waals surface area contributed by atoms with Gasteiger partial charge in [-0.25, -0.2) is 0 Å². The monoisotopic (exact) mass is 275 g/mol. The Balaban J connectivity index is 2.39. The first-order valence-electron chi connectivity index (χ1n) is 7.08. The van der Waals surface area contributed by atoms with Gasteiger partial charge >= 0.3 is 0 Å². The summed E-state index contributed by atoms with van der Waals surface area (Å²) in [7, 11) is 1.66. The van der Waals surface area contributed by atoms with Crippen LogP contribution in [0.2, 0.25) is 0 Å². The number of fused-ring (bicyclic) bond motifs is 1. The van der Waals surface area contributed by atoms with Gasteiger partial charge in [0.25, 0.3) is 5.56 Å². The van der Waals surface area contributed by atoms with Crippen LogP contribution in [0.15, 0.2) is 10.9 Å². The minimum atomic E-state index is -0.160. The molecule has 0 aromatic carbocycles. The fraction of sp³-hybridized carbons (Fsp3) is 0.600. The number of aromatic nitrogens is 1. The highest BCUT2D eigenvalue weighted by molar-refractivity contribution is 5.35. The van der Waals surface area contributed by atoms with E-state index in [0.29, 0.717) is 13.2 Å². The number of hydrogen-bond acceptors (Lipinski definition) is 4. The first-order valence-corrected chi connectivity index (χ1v) is 7.08. The largest absolute Gasteiger partial charge is 0.385 e. The number of pyridine rings is 1. The molecule has 1 aromatic rings. The van der Waals surface area contributed by atoms with E-state index < -0.39 is 0 Å². The number of rotatable bonds is 5. The second kappa shape index (κ2) is 6.69. The quantitative estimate of drug-likeness (QED) is 0.756. The molecule has 20 heavy (non-hydrogen) atoms. The highest BCUT2D eigenvalue weighted by Gasteiger charge is 2.20. The van der Waals surface area contributed by atoms with E-state index in [1.54, 1.807) is 17.7 Å². The van der Waals surface area contributed by atoms with Crippen molar-refractivity contribution in [1.29, 1.82) is 5.26 Å². The molecule has 0 aliphatic carbocycles. The fourth-order valence-electron chi connectivity index (χ4n) is 2.73. The second-order valence-corrected chi connectivity index (χ2v) is 5.06. The summed E-state index contributed by atoms with van der Waals surface area (Å²) in [5.41, 5.74) is 2.30. The molecule has 1 aliphatic heterocycles. The summed E-state index contributed by atoms with van der Waals surface area (Å²) < 4.78 is 6.83. The highest BCUT2D eigenvalue weighted by Crippen LogP contribution is 2.18. The summed E-state index contributed by atoms with van der Waals surface area (Å²) in [6.45, 7) is 6.16. The average Bonchev–Trinajstić information content (AvgIpc) is 2.48. The number of nitrogens with zero attached hydrogens (tertiary/aromatic N) is 3. The molecular weight excluding hydrogens is 254 g/mol. The molecule has 5 heteroatoms. The van der Waals surface area contributed by atoms with Crippen molar-refractivity contribution in [2.75, 3.05) is 26.8 Å². The van der Waals surface area contributed by atoms with Crippen LogP contribution in [0.1, 0.15) is 30.2 Å². The van der Waals surface area contributed by atoms with Gasteiger partial charge in [-0.2, -0.15) is 5.26 Å². The summed E-state index contributed by atoms with van der Waals surface area (Å²) >= 11 is 0. The van der Waals surface area contributed by atoms with Crippen molar-refractivity contribution in [2.24, 2.45) is 0 Å². The third-order valence-corrected chi connectivity index (χ3v) is 3.85. The minimum absolute atomic E-state index is 0.160. The van der Waals surface area contributed by atoms with Crippen LogP contribution in [0.3, 0.4) is 0 Å². The van der Waals surface area contributed by atoms with Crippen molar-refractivity contribution < 1.29 is 4.74 Å². The Kier molecular flexibility index (Phi) is 4.94. The molecule has 1 aromatic heterocycles. The predicted molar refractivity (Wildman–Crippen MR) is 76.6 cm³/mol. The second-order valence-electron chi connectivity index (χ2n) is 5.06. The number of methoxy groups -OCH3 is 1. The maximum atomic E-state index is 12.3. The third-order valence-electron chi connectivity index (χ3n) is 3.85. The van der Waals surface area contributed by atoms with Crippen LogP contribution in [-0.2, 0) is 24.2 Å². The van der Waals surface area contributed by atoms with Crippen molar-refractivity contribution in [1.82, 2.24) is 9.47 Å². The van der Waals surface area contributed by atoms with Crippen molar-refractivity contribution in [3.8, 4) is 6.07 Å². The Morgan fingerprint density at radius 2 is 2.30 bits per heavy atom. The van der Waals surface area contributed by atoms with Crippen LogP contribution in [0.25, 0.3) is 0 Å². The van der Waals surface area contributed by atoms with E-state index in [-0.39, 0.29) is 11.1 Å². The lowest BCUT2D eigenvalue weighted by atomic mass is 10.0. The Morgan fingerprint density at radius 3 is 2.95 bits per heavy atom. The minimum Gasteiger partial charge on any atom is -0.385 e. The molecular formula is C15H21N3O2. The average molecular weight is 275 g/mol. The van der Waals surface area contributed by atoms with E-state index in [1.807, 2.05) is 6.07 Å². The molecule has 0 unspecified atom stereocenters. The molecule has 0 amide bonds. The molecule has 0 spiro atoms. The summed E-state index contributed by atoms with van der Waals surface area (Å²) in [6.07, 6.45) is 1.66. The van der Waals surface area contributed by atoms with Gasteiger partial charge in [0, 0.05) is 45.5 Å². The lowest BCUT2D eigenvalue weighted by Crippen LogP contribution is -2.36. The Labute approximate surface area is 119 Å². The topological polar surface area (TPSA) is 58.3 Å². The number of likely N-dealkylation sites (N-methyl/N-ethyl adjacent to an activating group) is 1. The first kappa shape index (κ1) is 14.8. The van der Waals surface area contributed by atoms with Gasteiger partial charge in [-0.3, -0.25) is 9.69 Å². The molecule has 0 fully saturated rings. The molecule has 0 atom stereocenters. The summed E-state index contributed by atoms with van der Waals surface area (Å²) in [6, 6.07) is 3.80. The van der Waals surface area contributed by atoms with Crippen LogP contribution < -0.4 is 5.56 Å². The zero-order valence-corrected chi connectivity index (χ0v) is 12.2. The van der Waals surface area contributed by atoms with Gasteiger partial charge < -0.3 is 9.30 Å². The van der Waals surface area contributed by atoms with Crippen molar-refractivity contribution in [2.45, 2.75) is 32.9 Å².